The molecule has 6 aromatic rings. The molecule has 6 fully saturated rings. The monoisotopic (exact) mass is 1570 g/mol. The van der Waals surface area contributed by atoms with Gasteiger partial charge in [-0.1, -0.05) is 81.2 Å². The van der Waals surface area contributed by atoms with Crippen LogP contribution in [-0.2, 0) is 0 Å². The lowest BCUT2D eigenvalue weighted by atomic mass is 9.85. The van der Waals surface area contributed by atoms with E-state index in [1.165, 1.54) is 44.0 Å². The van der Waals surface area contributed by atoms with Crippen molar-refractivity contribution in [1.29, 1.82) is 0 Å². The van der Waals surface area contributed by atoms with Gasteiger partial charge in [-0.25, -0.2) is 59.8 Å². The Morgan fingerprint density at radius 3 is 0.573 bits per heavy atom. The molecule has 6 aliphatic heterocycles. The summed E-state index contributed by atoms with van der Waals surface area (Å²) in [6.45, 7) is 40.7. The molecular formula is C72H109Cl7N18O6. The van der Waals surface area contributed by atoms with E-state index in [9.17, 15) is 30.6 Å². The van der Waals surface area contributed by atoms with Crippen molar-refractivity contribution in [1.82, 2.24) is 65.1 Å². The number of aliphatic hydroxyl groups is 6. The Hall–Kier alpha value is -4.77. The van der Waals surface area contributed by atoms with Gasteiger partial charge in [-0.3, -0.25) is 0 Å². The third-order valence-electron chi connectivity index (χ3n) is 20.9. The first-order chi connectivity index (χ1) is 47.8. The van der Waals surface area contributed by atoms with Crippen LogP contribution in [0.2, 0.25) is 36.1 Å². The zero-order valence-electron chi connectivity index (χ0n) is 62.8. The summed E-state index contributed by atoms with van der Waals surface area (Å²) in [5, 5.41) is 66.6. The van der Waals surface area contributed by atoms with E-state index in [0.29, 0.717) is 48.0 Å². The van der Waals surface area contributed by atoms with E-state index in [0.717, 1.165) is 107 Å². The van der Waals surface area contributed by atoms with E-state index in [1.54, 1.807) is 30.3 Å². The number of anilines is 5. The zero-order chi connectivity index (χ0) is 76.9. The molecule has 12 heterocycles. The maximum absolute atomic E-state index is 10.1. The van der Waals surface area contributed by atoms with E-state index >= 15 is 0 Å². The van der Waals surface area contributed by atoms with Gasteiger partial charge in [0.1, 0.15) is 103 Å². The van der Waals surface area contributed by atoms with Gasteiger partial charge in [0.05, 0.1) is 33.6 Å². The van der Waals surface area contributed by atoms with Crippen molar-refractivity contribution in [2.45, 2.75) is 233 Å². The van der Waals surface area contributed by atoms with Gasteiger partial charge in [-0.2, -0.15) is 0 Å². The zero-order valence-corrected chi connectivity index (χ0v) is 68.1. The van der Waals surface area contributed by atoms with Crippen molar-refractivity contribution in [2.75, 3.05) is 63.8 Å². The second-order valence-corrected chi connectivity index (χ2v) is 33.6. The number of hydrogen-bond acceptors (Lipinski definition) is 24. The second-order valence-electron chi connectivity index (χ2n) is 30.9. The Labute approximate surface area is 644 Å². The minimum Gasteiger partial charge on any atom is -0.390 e. The highest BCUT2D eigenvalue weighted by Crippen LogP contribution is 2.41. The smallest absolute Gasteiger partial charge is 0.134 e. The molecule has 0 aromatic carbocycles. The van der Waals surface area contributed by atoms with E-state index in [1.807, 2.05) is 83.1 Å². The van der Waals surface area contributed by atoms with Crippen LogP contribution < -0.4 is 29.8 Å². The van der Waals surface area contributed by atoms with Crippen LogP contribution in [-0.4, -0.2) is 200 Å². The third-order valence-corrected chi connectivity index (χ3v) is 22.4. The Balaban J connectivity index is 0.000000191. The quantitative estimate of drug-likeness (QED) is 0.0593. The summed E-state index contributed by atoms with van der Waals surface area (Å²) >= 11 is 40.2. The average molecular weight is 1570 g/mol. The largest absolute Gasteiger partial charge is 0.390 e. The summed E-state index contributed by atoms with van der Waals surface area (Å²) in [7, 11) is 0. The van der Waals surface area contributed by atoms with Crippen LogP contribution in [0, 0.1) is 35.5 Å². The molecule has 572 valence electrons. The molecule has 0 saturated carbocycles. The lowest BCUT2D eigenvalue weighted by Gasteiger charge is -2.32. The van der Waals surface area contributed by atoms with Crippen LogP contribution in [0.4, 0.5) is 29.1 Å². The third kappa shape index (κ3) is 25.4. The first kappa shape index (κ1) is 87.1. The molecule has 12 unspecified atom stereocenters. The Morgan fingerprint density at radius 2 is 0.456 bits per heavy atom. The molecule has 0 amide bonds. The number of hydrogen-bond donors (Lipinski definition) is 7. The number of halogens is 7. The Bertz CT molecular complexity index is 3130. The maximum atomic E-state index is 10.1. The molecule has 0 aliphatic carbocycles. The van der Waals surface area contributed by atoms with Gasteiger partial charge in [0.2, 0.25) is 0 Å². The first-order valence-electron chi connectivity index (χ1n) is 35.2. The topological polar surface area (TPSA) is 304 Å². The summed E-state index contributed by atoms with van der Waals surface area (Å²) < 4.78 is 0. The van der Waals surface area contributed by atoms with Crippen molar-refractivity contribution in [2.24, 2.45) is 35.5 Å². The highest BCUT2D eigenvalue weighted by atomic mass is 35.5. The number of nitrogens with one attached hydrogen (secondary N) is 1. The average Bonchev–Trinajstić information content (AvgIpc) is 1.70. The Morgan fingerprint density at radius 1 is 0.282 bits per heavy atom. The lowest BCUT2D eigenvalue weighted by Crippen LogP contribution is -2.40. The molecule has 0 spiro atoms. The van der Waals surface area contributed by atoms with E-state index in [4.69, 9.17) is 81.2 Å². The molecule has 7 N–H and O–H groups in total. The van der Waals surface area contributed by atoms with E-state index in [2.05, 4.69) is 131 Å². The van der Waals surface area contributed by atoms with E-state index in [-0.39, 0.29) is 59.8 Å². The van der Waals surface area contributed by atoms with Crippen molar-refractivity contribution in [3.8, 4) is 0 Å². The van der Waals surface area contributed by atoms with Crippen molar-refractivity contribution < 1.29 is 30.6 Å². The van der Waals surface area contributed by atoms with Crippen LogP contribution in [0.3, 0.4) is 0 Å². The second kappa shape index (κ2) is 37.4. The first-order valence-corrected chi connectivity index (χ1v) is 37.8. The van der Waals surface area contributed by atoms with Gasteiger partial charge < -0.3 is 60.5 Å². The van der Waals surface area contributed by atoms with E-state index < -0.39 is 33.6 Å². The summed E-state index contributed by atoms with van der Waals surface area (Å²) in [5.41, 5.74) is -3.82. The molecule has 12 atom stereocenters. The summed E-state index contributed by atoms with van der Waals surface area (Å²) in [6.07, 6.45) is 14.6. The van der Waals surface area contributed by atoms with Crippen molar-refractivity contribution in [3.63, 3.8) is 0 Å². The fraction of sp³-hybridized carbons (Fsp3) is 0.667. The summed E-state index contributed by atoms with van der Waals surface area (Å²) in [6, 6.07) is 12.0. The van der Waals surface area contributed by atoms with Crippen molar-refractivity contribution in [3.05, 3.63) is 110 Å². The molecule has 0 bridgehead atoms. The molecule has 12 rings (SSSR count). The molecule has 31 heteroatoms. The van der Waals surface area contributed by atoms with Gasteiger partial charge in [0.15, 0.2) is 0 Å². The molecular weight excluding hydrogens is 1460 g/mol. The van der Waals surface area contributed by atoms with Gasteiger partial charge in [0, 0.05) is 141 Å². The fourth-order valence-corrected chi connectivity index (χ4v) is 16.6. The van der Waals surface area contributed by atoms with Gasteiger partial charge in [0.25, 0.3) is 0 Å². The van der Waals surface area contributed by atoms with Crippen LogP contribution in [0.1, 0.15) is 163 Å². The normalized spacial score (nSPS) is 25.0. The fourth-order valence-electron chi connectivity index (χ4n) is 15.6. The standard InChI is InChI=1S/5C12H18ClN3O.C8H17NO.C4H2Cl2N2/c5*1-8-9(12(2,3)17)4-5-16(8)11-6-10(13)14-7-15-11;1-6-7(4-5-9-6)8(2,3)10;5-3-1-4(6)8-2-7-3/h5*6-9,17H,4-5H2,1-3H3;6-7,9-10H,4-5H2,1-3H3;1-2H. The number of aromatic nitrogens is 12. The number of nitrogens with zero attached hydrogens (tertiary/aromatic N) is 17. The van der Waals surface area contributed by atoms with Gasteiger partial charge in [-0.05, 0) is 170 Å². The highest BCUT2D eigenvalue weighted by Gasteiger charge is 2.45. The minimum absolute atomic E-state index is 0.247. The molecule has 6 aromatic heterocycles. The molecule has 6 aliphatic rings. The van der Waals surface area contributed by atoms with Crippen LogP contribution in [0.15, 0.2) is 74.4 Å². The highest BCUT2D eigenvalue weighted by molar-refractivity contribution is 6.33. The van der Waals surface area contributed by atoms with Gasteiger partial charge >= 0.3 is 0 Å². The van der Waals surface area contributed by atoms with Gasteiger partial charge in [-0.15, -0.1) is 0 Å². The minimum atomic E-state index is -0.662. The predicted octanol–water partition coefficient (Wildman–Crippen LogP) is 13.1. The van der Waals surface area contributed by atoms with Crippen molar-refractivity contribution >= 4 is 110 Å². The SMILES string of the molecule is CC1C(C(C)(C)O)CCN1c1cc(Cl)ncn1.CC1C(C(C)(C)O)CCN1c1cc(Cl)ncn1.CC1C(C(C)(C)O)CCN1c1cc(Cl)ncn1.CC1C(C(C)(C)O)CCN1c1cc(Cl)ncn1.CC1C(C(C)(C)O)CCN1c1cc(Cl)ncn1.CC1NCCC1C(C)(C)O.Clc1cc(Cl)ncn1. The predicted molar refractivity (Wildman–Crippen MR) is 415 cm³/mol. The Kier molecular flexibility index (Phi) is 31.6. The summed E-state index contributed by atoms with van der Waals surface area (Å²) in [4.78, 5) is 58.7. The van der Waals surface area contributed by atoms with Crippen LogP contribution >= 0.6 is 81.2 Å². The lowest BCUT2D eigenvalue weighted by molar-refractivity contribution is 0.0138. The molecule has 103 heavy (non-hydrogen) atoms. The molecule has 0 radical (unpaired) electrons. The molecule has 6 saturated heterocycles. The summed E-state index contributed by atoms with van der Waals surface area (Å²) in [5.74, 6) is 5.84. The van der Waals surface area contributed by atoms with Crippen LogP contribution in [0.5, 0.6) is 0 Å². The van der Waals surface area contributed by atoms with Crippen LogP contribution in [0.25, 0.3) is 0 Å². The molecule has 24 nitrogen and oxygen atoms in total. The number of rotatable bonds is 11. The maximum Gasteiger partial charge on any atom is 0.134 e.